The van der Waals surface area contributed by atoms with Crippen molar-refractivity contribution in [1.29, 1.82) is 0 Å². The Balaban J connectivity index is 2.90. The van der Waals surface area contributed by atoms with Crippen LogP contribution in [0.2, 0.25) is 0 Å². The highest BCUT2D eigenvalue weighted by Crippen LogP contribution is 2.00. The topological polar surface area (TPSA) is 122 Å². The van der Waals surface area contributed by atoms with Crippen LogP contribution < -0.4 is 11.2 Å². The fraction of sp³-hybridized carbons (Fsp3) is 0.500. The minimum Gasteiger partial charge on any atom is -0.469 e. The lowest BCUT2D eigenvalue weighted by molar-refractivity contribution is -0.140. The van der Waals surface area contributed by atoms with Crippen LogP contribution in [0.4, 0.5) is 0 Å². The molecule has 9 heteroatoms. The number of methoxy groups -OCH3 is 2. The minimum atomic E-state index is -0.788. The molecule has 0 radical (unpaired) electrons. The first-order chi connectivity index (χ1) is 9.99. The molecule has 0 aliphatic rings. The maximum atomic E-state index is 12.3. The maximum absolute atomic E-state index is 12.3. The second kappa shape index (κ2) is 8.00. The summed E-state index contributed by atoms with van der Waals surface area (Å²) >= 11 is 0. The third kappa shape index (κ3) is 4.88. The zero-order valence-corrected chi connectivity index (χ0v) is 11.8. The van der Waals surface area contributed by atoms with E-state index in [-0.39, 0.29) is 31.7 Å². The molecule has 0 spiro atoms. The molecule has 0 bridgehead atoms. The summed E-state index contributed by atoms with van der Waals surface area (Å²) in [4.78, 5) is 51.4. The van der Waals surface area contributed by atoms with Gasteiger partial charge in [0, 0.05) is 26.4 Å². The Bertz CT molecular complexity index is 606. The number of ether oxygens (including phenoxy) is 2. The van der Waals surface area contributed by atoms with E-state index in [1.54, 1.807) is 0 Å². The van der Waals surface area contributed by atoms with Crippen molar-refractivity contribution in [1.82, 2.24) is 14.9 Å². The highest BCUT2D eigenvalue weighted by Gasteiger charge is 2.20. The van der Waals surface area contributed by atoms with Gasteiger partial charge in [0.1, 0.15) is 5.56 Å². The third-order valence-corrected chi connectivity index (χ3v) is 2.72. The van der Waals surface area contributed by atoms with E-state index >= 15 is 0 Å². The highest BCUT2D eigenvalue weighted by molar-refractivity contribution is 5.93. The SMILES string of the molecule is COCCN(CCC(=O)OC)C(=O)c1c[nH]c(=O)[nH]c1=O. The first-order valence-electron chi connectivity index (χ1n) is 6.16. The summed E-state index contributed by atoms with van der Waals surface area (Å²) in [6, 6.07) is 0. The molecule has 0 aliphatic heterocycles. The largest absolute Gasteiger partial charge is 0.469 e. The zero-order chi connectivity index (χ0) is 15.8. The highest BCUT2D eigenvalue weighted by atomic mass is 16.5. The molecule has 1 amide bonds. The van der Waals surface area contributed by atoms with Gasteiger partial charge in [-0.1, -0.05) is 0 Å². The standard InChI is InChI=1S/C12H17N3O6/c1-20-6-5-15(4-3-9(16)21-2)11(18)8-7-13-12(19)14-10(8)17/h7H,3-6H2,1-2H3,(H2,13,14,17,19). The van der Waals surface area contributed by atoms with Crippen LogP contribution >= 0.6 is 0 Å². The predicted molar refractivity (Wildman–Crippen MR) is 72.1 cm³/mol. The number of hydrogen-bond acceptors (Lipinski definition) is 6. The van der Waals surface area contributed by atoms with Gasteiger partial charge in [0.15, 0.2) is 0 Å². The Morgan fingerprint density at radius 3 is 2.52 bits per heavy atom. The number of nitrogens with zero attached hydrogens (tertiary/aromatic N) is 1. The van der Waals surface area contributed by atoms with Gasteiger partial charge in [0.05, 0.1) is 20.1 Å². The first-order valence-corrected chi connectivity index (χ1v) is 6.16. The number of hydrogen-bond donors (Lipinski definition) is 2. The Labute approximate surface area is 119 Å². The lowest BCUT2D eigenvalue weighted by atomic mass is 10.2. The van der Waals surface area contributed by atoms with E-state index in [0.29, 0.717) is 0 Å². The number of amides is 1. The van der Waals surface area contributed by atoms with Crippen molar-refractivity contribution in [3.63, 3.8) is 0 Å². The molecule has 1 aromatic heterocycles. The Kier molecular flexibility index (Phi) is 6.34. The molecule has 0 aliphatic carbocycles. The van der Waals surface area contributed by atoms with Crippen LogP contribution in [-0.4, -0.2) is 60.7 Å². The first kappa shape index (κ1) is 16.6. The number of esters is 1. The number of aromatic nitrogens is 2. The summed E-state index contributed by atoms with van der Waals surface area (Å²) in [5.74, 6) is -1.07. The van der Waals surface area contributed by atoms with Crippen LogP contribution in [0, 0.1) is 0 Å². The van der Waals surface area contributed by atoms with Gasteiger partial charge >= 0.3 is 11.7 Å². The van der Waals surface area contributed by atoms with Crippen molar-refractivity contribution in [3.05, 3.63) is 32.6 Å². The number of aromatic amines is 2. The van der Waals surface area contributed by atoms with Crippen LogP contribution in [0.25, 0.3) is 0 Å². The number of rotatable bonds is 7. The van der Waals surface area contributed by atoms with Gasteiger partial charge in [-0.05, 0) is 0 Å². The monoisotopic (exact) mass is 299 g/mol. The average Bonchev–Trinajstić information content (AvgIpc) is 2.46. The summed E-state index contributed by atoms with van der Waals surface area (Å²) in [5.41, 5.74) is -1.70. The molecular formula is C12H17N3O6. The molecule has 116 valence electrons. The van der Waals surface area contributed by atoms with E-state index < -0.39 is 23.1 Å². The van der Waals surface area contributed by atoms with Crippen LogP contribution in [0.3, 0.4) is 0 Å². The second-order valence-electron chi connectivity index (χ2n) is 4.10. The smallest absolute Gasteiger partial charge is 0.325 e. The van der Waals surface area contributed by atoms with Crippen LogP contribution in [0.5, 0.6) is 0 Å². The Morgan fingerprint density at radius 2 is 1.95 bits per heavy atom. The normalized spacial score (nSPS) is 10.2. The molecule has 21 heavy (non-hydrogen) atoms. The molecule has 2 N–H and O–H groups in total. The van der Waals surface area contributed by atoms with Gasteiger partial charge in [0.25, 0.3) is 11.5 Å². The van der Waals surface area contributed by atoms with Gasteiger partial charge in [-0.25, -0.2) is 4.79 Å². The summed E-state index contributed by atoms with van der Waals surface area (Å²) < 4.78 is 9.39. The molecule has 0 saturated carbocycles. The molecule has 0 aromatic carbocycles. The molecule has 0 atom stereocenters. The predicted octanol–water partition coefficient (Wildman–Crippen LogP) is -1.29. The van der Waals surface area contributed by atoms with Crippen molar-refractivity contribution in [2.75, 3.05) is 33.9 Å². The number of nitrogens with one attached hydrogen (secondary N) is 2. The van der Waals surface area contributed by atoms with Crippen LogP contribution in [0.15, 0.2) is 15.8 Å². The Morgan fingerprint density at radius 1 is 1.24 bits per heavy atom. The maximum Gasteiger partial charge on any atom is 0.325 e. The molecule has 0 unspecified atom stereocenters. The van der Waals surface area contributed by atoms with Gasteiger partial charge in [-0.3, -0.25) is 19.4 Å². The van der Waals surface area contributed by atoms with Crippen molar-refractivity contribution in [2.45, 2.75) is 6.42 Å². The summed E-state index contributed by atoms with van der Waals surface area (Å²) in [6.07, 6.45) is 1.04. The summed E-state index contributed by atoms with van der Waals surface area (Å²) in [6.45, 7) is 0.520. The van der Waals surface area contributed by atoms with E-state index in [0.717, 1.165) is 6.20 Å². The lowest BCUT2D eigenvalue weighted by Gasteiger charge is -2.21. The van der Waals surface area contributed by atoms with Crippen molar-refractivity contribution >= 4 is 11.9 Å². The molecule has 1 rings (SSSR count). The number of H-pyrrole nitrogens is 2. The number of carbonyl (C=O) groups is 2. The molecular weight excluding hydrogens is 282 g/mol. The zero-order valence-electron chi connectivity index (χ0n) is 11.8. The molecule has 0 fully saturated rings. The van der Waals surface area contributed by atoms with Gasteiger partial charge < -0.3 is 19.4 Å². The van der Waals surface area contributed by atoms with Crippen LogP contribution in [-0.2, 0) is 14.3 Å². The average molecular weight is 299 g/mol. The second-order valence-corrected chi connectivity index (χ2v) is 4.10. The fourth-order valence-corrected chi connectivity index (χ4v) is 1.58. The third-order valence-electron chi connectivity index (χ3n) is 2.72. The minimum absolute atomic E-state index is 0.00673. The van der Waals surface area contributed by atoms with Gasteiger partial charge in [0.2, 0.25) is 0 Å². The van der Waals surface area contributed by atoms with Crippen LogP contribution in [0.1, 0.15) is 16.8 Å². The molecule has 1 heterocycles. The Hall–Kier alpha value is -2.42. The van der Waals surface area contributed by atoms with Crippen molar-refractivity contribution in [3.8, 4) is 0 Å². The van der Waals surface area contributed by atoms with E-state index in [1.165, 1.54) is 19.1 Å². The fourth-order valence-electron chi connectivity index (χ4n) is 1.58. The number of carbonyl (C=O) groups excluding carboxylic acids is 2. The molecule has 9 nitrogen and oxygen atoms in total. The van der Waals surface area contributed by atoms with E-state index in [2.05, 4.69) is 9.72 Å². The van der Waals surface area contributed by atoms with E-state index in [9.17, 15) is 19.2 Å². The quantitative estimate of drug-likeness (QED) is 0.604. The van der Waals surface area contributed by atoms with E-state index in [4.69, 9.17) is 4.74 Å². The van der Waals surface area contributed by atoms with Crippen molar-refractivity contribution < 1.29 is 19.1 Å². The molecule has 1 aromatic rings. The summed E-state index contributed by atoms with van der Waals surface area (Å²) in [7, 11) is 2.71. The van der Waals surface area contributed by atoms with E-state index in [1.807, 2.05) is 4.98 Å². The van der Waals surface area contributed by atoms with Crippen molar-refractivity contribution in [2.24, 2.45) is 0 Å². The van der Waals surface area contributed by atoms with Gasteiger partial charge in [-0.15, -0.1) is 0 Å². The summed E-state index contributed by atoms with van der Waals surface area (Å²) in [5, 5.41) is 0. The molecule has 0 saturated heterocycles. The van der Waals surface area contributed by atoms with Gasteiger partial charge in [-0.2, -0.15) is 0 Å². The lowest BCUT2D eigenvalue weighted by Crippen LogP contribution is -2.39.